The molecule has 0 saturated carbocycles. The van der Waals surface area contributed by atoms with Crippen LogP contribution in [-0.4, -0.2) is 39.5 Å². The van der Waals surface area contributed by atoms with Crippen LogP contribution in [0.25, 0.3) is 0 Å². The summed E-state index contributed by atoms with van der Waals surface area (Å²) in [4.78, 5) is 4.28. The molecular weight excluding hydrogens is 294 g/mol. The third-order valence-electron chi connectivity index (χ3n) is 3.12. The fraction of sp³-hybridized carbons (Fsp3) is 0.692. The van der Waals surface area contributed by atoms with Crippen LogP contribution in [0.1, 0.15) is 30.0 Å². The van der Waals surface area contributed by atoms with Gasteiger partial charge in [0.05, 0.1) is 4.90 Å². The Labute approximate surface area is 126 Å². The SMILES string of the molecule is CCCN(CC)CCNS(=O)(=O)c1cc(CN)sc1C. The van der Waals surface area contributed by atoms with Crippen LogP contribution in [0.15, 0.2) is 11.0 Å². The topological polar surface area (TPSA) is 75.4 Å². The number of nitrogens with zero attached hydrogens (tertiary/aromatic N) is 1. The number of sulfonamides is 1. The molecule has 0 radical (unpaired) electrons. The molecule has 0 aliphatic rings. The zero-order valence-electron chi connectivity index (χ0n) is 12.5. The zero-order chi connectivity index (χ0) is 15.2. The lowest BCUT2D eigenvalue weighted by molar-refractivity contribution is 0.293. The minimum atomic E-state index is -3.42. The fourth-order valence-corrected chi connectivity index (χ4v) is 4.58. The third kappa shape index (κ3) is 4.82. The highest BCUT2D eigenvalue weighted by Gasteiger charge is 2.19. The van der Waals surface area contributed by atoms with Crippen LogP contribution in [-0.2, 0) is 16.6 Å². The molecule has 1 heterocycles. The van der Waals surface area contributed by atoms with Gasteiger partial charge in [-0.2, -0.15) is 0 Å². The quantitative estimate of drug-likeness (QED) is 0.724. The molecule has 0 aliphatic carbocycles. The largest absolute Gasteiger partial charge is 0.326 e. The van der Waals surface area contributed by atoms with Crippen molar-refractivity contribution in [3.8, 4) is 0 Å². The molecule has 0 bridgehead atoms. The van der Waals surface area contributed by atoms with Gasteiger partial charge in [-0.25, -0.2) is 13.1 Å². The Balaban J connectivity index is 2.63. The normalized spacial score (nSPS) is 12.2. The first kappa shape index (κ1) is 17.6. The summed E-state index contributed by atoms with van der Waals surface area (Å²) < 4.78 is 27.2. The molecule has 1 rings (SSSR count). The summed E-state index contributed by atoms with van der Waals surface area (Å²) in [6, 6.07) is 1.67. The second-order valence-corrected chi connectivity index (χ2v) is 7.75. The van der Waals surface area contributed by atoms with E-state index in [9.17, 15) is 8.42 Å². The van der Waals surface area contributed by atoms with Gasteiger partial charge in [0, 0.05) is 29.4 Å². The van der Waals surface area contributed by atoms with Gasteiger partial charge in [-0.3, -0.25) is 0 Å². The predicted octanol–water partition coefficient (Wildman–Crippen LogP) is 1.53. The molecule has 0 spiro atoms. The highest BCUT2D eigenvalue weighted by molar-refractivity contribution is 7.89. The number of hydrogen-bond acceptors (Lipinski definition) is 5. The van der Waals surface area contributed by atoms with E-state index in [1.807, 2.05) is 6.92 Å². The van der Waals surface area contributed by atoms with E-state index in [1.54, 1.807) is 6.07 Å². The average molecular weight is 319 g/mol. The number of nitrogens with one attached hydrogen (secondary N) is 1. The number of likely N-dealkylation sites (N-methyl/N-ethyl adjacent to an activating group) is 1. The van der Waals surface area contributed by atoms with Gasteiger partial charge in [0.2, 0.25) is 10.0 Å². The second kappa shape index (κ2) is 8.09. The molecule has 7 heteroatoms. The summed E-state index contributed by atoms with van der Waals surface area (Å²) in [6.45, 7) is 9.49. The van der Waals surface area contributed by atoms with Crippen molar-refractivity contribution < 1.29 is 8.42 Å². The Morgan fingerprint density at radius 3 is 2.55 bits per heavy atom. The van der Waals surface area contributed by atoms with E-state index >= 15 is 0 Å². The van der Waals surface area contributed by atoms with E-state index in [0.717, 1.165) is 35.8 Å². The summed E-state index contributed by atoms with van der Waals surface area (Å²) in [7, 11) is -3.42. The average Bonchev–Trinajstić information content (AvgIpc) is 2.79. The number of thiophene rings is 1. The third-order valence-corrected chi connectivity index (χ3v) is 5.91. The van der Waals surface area contributed by atoms with Crippen molar-refractivity contribution in [1.82, 2.24) is 9.62 Å². The van der Waals surface area contributed by atoms with Gasteiger partial charge in [-0.05, 0) is 32.5 Å². The predicted molar refractivity (Wildman–Crippen MR) is 84.5 cm³/mol. The summed E-state index contributed by atoms with van der Waals surface area (Å²) >= 11 is 1.44. The van der Waals surface area contributed by atoms with Gasteiger partial charge in [0.1, 0.15) is 0 Å². The first-order chi connectivity index (χ1) is 9.44. The Bertz CT molecular complexity index is 512. The van der Waals surface area contributed by atoms with Crippen molar-refractivity contribution in [3.05, 3.63) is 15.8 Å². The van der Waals surface area contributed by atoms with Crippen molar-refractivity contribution in [2.24, 2.45) is 5.73 Å². The van der Waals surface area contributed by atoms with Gasteiger partial charge in [-0.15, -0.1) is 11.3 Å². The standard InChI is InChI=1S/C13H25N3O2S2/c1-4-7-16(5-2)8-6-15-20(17,18)13-9-12(10-14)19-11(13)3/h9,15H,4-8,10,14H2,1-3H3. The van der Waals surface area contributed by atoms with Crippen molar-refractivity contribution in [2.45, 2.75) is 38.6 Å². The molecule has 0 unspecified atom stereocenters. The molecule has 0 amide bonds. The highest BCUT2D eigenvalue weighted by atomic mass is 32.2. The molecule has 20 heavy (non-hydrogen) atoms. The molecule has 0 fully saturated rings. The fourth-order valence-electron chi connectivity index (χ4n) is 2.05. The van der Waals surface area contributed by atoms with E-state index in [4.69, 9.17) is 5.73 Å². The van der Waals surface area contributed by atoms with Crippen LogP contribution in [0.2, 0.25) is 0 Å². The van der Waals surface area contributed by atoms with Crippen LogP contribution in [0, 0.1) is 6.92 Å². The number of nitrogens with two attached hydrogens (primary N) is 1. The van der Waals surface area contributed by atoms with Gasteiger partial charge >= 0.3 is 0 Å². The lowest BCUT2D eigenvalue weighted by Gasteiger charge is -2.19. The maximum absolute atomic E-state index is 12.2. The molecule has 116 valence electrons. The van der Waals surface area contributed by atoms with Crippen LogP contribution in [0.3, 0.4) is 0 Å². The van der Waals surface area contributed by atoms with Gasteiger partial charge < -0.3 is 10.6 Å². The van der Waals surface area contributed by atoms with E-state index in [1.165, 1.54) is 11.3 Å². The molecule has 5 nitrogen and oxygen atoms in total. The smallest absolute Gasteiger partial charge is 0.241 e. The molecule has 0 aromatic carbocycles. The summed E-state index contributed by atoms with van der Waals surface area (Å²) in [5.74, 6) is 0. The van der Waals surface area contributed by atoms with Gasteiger partial charge in [0.15, 0.2) is 0 Å². The summed E-state index contributed by atoms with van der Waals surface area (Å²) in [5, 5.41) is 0. The summed E-state index contributed by atoms with van der Waals surface area (Å²) in [5.41, 5.74) is 5.56. The first-order valence-electron chi connectivity index (χ1n) is 6.96. The second-order valence-electron chi connectivity index (χ2n) is 4.67. The maximum atomic E-state index is 12.2. The van der Waals surface area contributed by atoms with Crippen LogP contribution >= 0.6 is 11.3 Å². The molecule has 0 atom stereocenters. The number of hydrogen-bond donors (Lipinski definition) is 2. The Hall–Kier alpha value is -0.470. The Morgan fingerprint density at radius 2 is 2.05 bits per heavy atom. The van der Waals surface area contributed by atoms with Crippen LogP contribution < -0.4 is 10.5 Å². The number of rotatable bonds is 9. The van der Waals surface area contributed by atoms with Crippen molar-refractivity contribution in [1.29, 1.82) is 0 Å². The molecule has 3 N–H and O–H groups in total. The van der Waals surface area contributed by atoms with Crippen molar-refractivity contribution in [2.75, 3.05) is 26.2 Å². The molecule has 0 saturated heterocycles. The van der Waals surface area contributed by atoms with Crippen molar-refractivity contribution in [3.63, 3.8) is 0 Å². The molecule has 1 aromatic heterocycles. The van der Waals surface area contributed by atoms with Crippen LogP contribution in [0.4, 0.5) is 0 Å². The number of aryl methyl sites for hydroxylation is 1. The van der Waals surface area contributed by atoms with E-state index in [2.05, 4.69) is 23.5 Å². The lowest BCUT2D eigenvalue weighted by atomic mass is 10.4. The lowest BCUT2D eigenvalue weighted by Crippen LogP contribution is -2.35. The van der Waals surface area contributed by atoms with Crippen molar-refractivity contribution >= 4 is 21.4 Å². The molecule has 0 aliphatic heterocycles. The first-order valence-corrected chi connectivity index (χ1v) is 9.26. The Kier molecular flexibility index (Phi) is 7.11. The monoisotopic (exact) mass is 319 g/mol. The van der Waals surface area contributed by atoms with E-state index in [0.29, 0.717) is 18.0 Å². The van der Waals surface area contributed by atoms with E-state index in [-0.39, 0.29) is 0 Å². The van der Waals surface area contributed by atoms with Gasteiger partial charge in [-0.1, -0.05) is 13.8 Å². The minimum Gasteiger partial charge on any atom is -0.326 e. The zero-order valence-corrected chi connectivity index (χ0v) is 14.1. The maximum Gasteiger partial charge on any atom is 0.241 e. The van der Waals surface area contributed by atoms with Gasteiger partial charge in [0.25, 0.3) is 0 Å². The van der Waals surface area contributed by atoms with Crippen LogP contribution in [0.5, 0.6) is 0 Å². The minimum absolute atomic E-state index is 0.362. The Morgan fingerprint density at radius 1 is 1.35 bits per heavy atom. The molecular formula is C13H25N3O2S2. The highest BCUT2D eigenvalue weighted by Crippen LogP contribution is 2.25. The summed E-state index contributed by atoms with van der Waals surface area (Å²) in [6.07, 6.45) is 1.07. The van der Waals surface area contributed by atoms with E-state index < -0.39 is 10.0 Å². The molecule has 1 aromatic rings.